The third kappa shape index (κ3) is 5.62. The summed E-state index contributed by atoms with van der Waals surface area (Å²) in [4.78, 5) is 11.9. The number of hydrogen-bond donors (Lipinski definition) is 1. The van der Waals surface area contributed by atoms with E-state index < -0.39 is 21.7 Å². The number of carbonyl (C=O) groups excluding carboxylic acids is 1. The normalized spacial score (nSPS) is 11.4. The molecule has 17 heavy (non-hydrogen) atoms. The molecule has 0 bridgehead atoms. The number of esters is 1. The molecule has 1 aromatic heterocycles. The summed E-state index contributed by atoms with van der Waals surface area (Å²) in [6, 6.07) is 3.64. The molecule has 1 N–H and O–H groups in total. The molecule has 0 radical (unpaired) electrons. The molecule has 0 unspecified atom stereocenters. The Labute approximate surface area is 112 Å². The molecule has 0 aliphatic rings. The van der Waals surface area contributed by atoms with Crippen molar-refractivity contribution in [3.63, 3.8) is 0 Å². The second-order valence-corrected chi connectivity index (χ2v) is 7.45. The molecule has 5 nitrogen and oxygen atoms in total. The Kier molecular flexibility index (Phi) is 5.57. The lowest BCUT2D eigenvalue weighted by atomic mass is 10.5. The van der Waals surface area contributed by atoms with Crippen LogP contribution in [0.2, 0.25) is 0 Å². The second kappa shape index (κ2) is 6.48. The van der Waals surface area contributed by atoms with Gasteiger partial charge in [0.15, 0.2) is 5.75 Å². The highest BCUT2D eigenvalue weighted by Gasteiger charge is 2.17. The smallest absolute Gasteiger partial charge is 0.322 e. The Hall–Kier alpha value is -0.440. The monoisotopic (exact) mass is 341 g/mol. The molecule has 0 saturated heterocycles. The first kappa shape index (κ1) is 14.6. The molecule has 0 aliphatic carbocycles. The van der Waals surface area contributed by atoms with Crippen molar-refractivity contribution in [1.82, 2.24) is 4.72 Å². The molecule has 0 atom stereocenters. The first-order chi connectivity index (χ1) is 7.93. The maximum Gasteiger partial charge on any atom is 0.322 e. The van der Waals surface area contributed by atoms with Crippen molar-refractivity contribution in [2.75, 3.05) is 12.4 Å². The van der Waals surface area contributed by atoms with Crippen molar-refractivity contribution in [3.8, 4) is 0 Å². The van der Waals surface area contributed by atoms with E-state index in [-0.39, 0.29) is 13.2 Å². The van der Waals surface area contributed by atoms with Gasteiger partial charge in [-0.1, -0.05) is 0 Å². The summed E-state index contributed by atoms with van der Waals surface area (Å²) in [5, 5.41) is 0. The van der Waals surface area contributed by atoms with Crippen molar-refractivity contribution < 1.29 is 17.9 Å². The molecule has 1 heterocycles. The van der Waals surface area contributed by atoms with E-state index in [4.69, 9.17) is 0 Å². The lowest BCUT2D eigenvalue weighted by Gasteiger charge is -2.04. The highest BCUT2D eigenvalue weighted by Crippen LogP contribution is 2.21. The maximum absolute atomic E-state index is 11.5. The standard InChI is InChI=1S/C9H12BrNO4S2/c1-2-15-9(12)6-17(13,14)11-5-7-3-4-8(10)16-7/h3-4,11H,2,5-6H2,1H3. The van der Waals surface area contributed by atoms with Gasteiger partial charge in [0.2, 0.25) is 10.0 Å². The Balaban J connectivity index is 2.47. The highest BCUT2D eigenvalue weighted by atomic mass is 79.9. The van der Waals surface area contributed by atoms with Gasteiger partial charge in [-0.2, -0.15) is 0 Å². The molecule has 0 saturated carbocycles. The Morgan fingerprint density at radius 3 is 2.76 bits per heavy atom. The fourth-order valence-corrected chi connectivity index (χ4v) is 3.42. The van der Waals surface area contributed by atoms with Gasteiger partial charge < -0.3 is 4.74 Å². The molecule has 0 spiro atoms. The van der Waals surface area contributed by atoms with Gasteiger partial charge in [0, 0.05) is 11.4 Å². The average Bonchev–Trinajstić information content (AvgIpc) is 2.61. The first-order valence-corrected chi connectivity index (χ1v) is 8.06. The van der Waals surface area contributed by atoms with E-state index in [2.05, 4.69) is 25.4 Å². The fourth-order valence-electron chi connectivity index (χ4n) is 1.04. The predicted molar refractivity (Wildman–Crippen MR) is 69.3 cm³/mol. The third-order valence-corrected chi connectivity index (χ3v) is 4.53. The Morgan fingerprint density at radius 2 is 2.24 bits per heavy atom. The fraction of sp³-hybridized carbons (Fsp3) is 0.444. The van der Waals surface area contributed by atoms with Crippen molar-refractivity contribution >= 4 is 43.3 Å². The second-order valence-electron chi connectivity index (χ2n) is 3.09. The lowest BCUT2D eigenvalue weighted by Crippen LogP contribution is -2.30. The van der Waals surface area contributed by atoms with Crippen LogP contribution < -0.4 is 4.72 Å². The number of ether oxygens (including phenoxy) is 1. The maximum atomic E-state index is 11.5. The van der Waals surface area contributed by atoms with Crippen LogP contribution in [0.5, 0.6) is 0 Å². The van der Waals surface area contributed by atoms with E-state index in [0.29, 0.717) is 0 Å². The van der Waals surface area contributed by atoms with Gasteiger partial charge in [0.05, 0.1) is 10.4 Å². The number of hydrogen-bond acceptors (Lipinski definition) is 5. The van der Waals surface area contributed by atoms with E-state index in [0.717, 1.165) is 8.66 Å². The van der Waals surface area contributed by atoms with Crippen LogP contribution >= 0.6 is 27.3 Å². The molecular formula is C9H12BrNO4S2. The summed E-state index contributed by atoms with van der Waals surface area (Å²) < 4.78 is 30.8. The number of carbonyl (C=O) groups is 1. The van der Waals surface area contributed by atoms with Crippen LogP contribution in [0, 0.1) is 0 Å². The minimum atomic E-state index is -3.63. The Bertz CT molecular complexity index is 483. The van der Waals surface area contributed by atoms with E-state index in [1.807, 2.05) is 12.1 Å². The summed E-state index contributed by atoms with van der Waals surface area (Å²) in [5.41, 5.74) is 0. The molecule has 0 amide bonds. The molecule has 1 rings (SSSR count). The number of halogens is 1. The van der Waals surface area contributed by atoms with Crippen LogP contribution in [-0.2, 0) is 26.1 Å². The molecular weight excluding hydrogens is 330 g/mol. The molecule has 0 fully saturated rings. The zero-order chi connectivity index (χ0) is 12.9. The van der Waals surface area contributed by atoms with Crippen molar-refractivity contribution in [3.05, 3.63) is 20.8 Å². The van der Waals surface area contributed by atoms with E-state index in [9.17, 15) is 13.2 Å². The highest BCUT2D eigenvalue weighted by molar-refractivity contribution is 9.11. The summed E-state index contributed by atoms with van der Waals surface area (Å²) in [6.45, 7) is 1.98. The van der Waals surface area contributed by atoms with Gasteiger partial charge >= 0.3 is 5.97 Å². The minimum absolute atomic E-state index is 0.173. The number of rotatable bonds is 6. The summed E-state index contributed by atoms with van der Waals surface area (Å²) in [5.74, 6) is -1.39. The largest absolute Gasteiger partial charge is 0.465 e. The zero-order valence-electron chi connectivity index (χ0n) is 9.10. The van der Waals surface area contributed by atoms with Gasteiger partial charge in [0.1, 0.15) is 0 Å². The van der Waals surface area contributed by atoms with E-state index >= 15 is 0 Å². The molecule has 8 heteroatoms. The van der Waals surface area contributed by atoms with Crippen LogP contribution in [0.3, 0.4) is 0 Å². The van der Waals surface area contributed by atoms with Crippen LogP contribution in [0.15, 0.2) is 15.9 Å². The van der Waals surface area contributed by atoms with E-state index in [1.165, 1.54) is 11.3 Å². The summed E-state index contributed by atoms with van der Waals surface area (Å²) >= 11 is 4.71. The van der Waals surface area contributed by atoms with Gasteiger partial charge in [-0.05, 0) is 35.0 Å². The Morgan fingerprint density at radius 1 is 1.53 bits per heavy atom. The minimum Gasteiger partial charge on any atom is -0.465 e. The van der Waals surface area contributed by atoms with Crippen LogP contribution in [0.1, 0.15) is 11.8 Å². The topological polar surface area (TPSA) is 72.5 Å². The van der Waals surface area contributed by atoms with Crippen molar-refractivity contribution in [2.24, 2.45) is 0 Å². The number of sulfonamides is 1. The number of nitrogens with one attached hydrogen (secondary N) is 1. The molecule has 0 aromatic carbocycles. The molecule has 0 aliphatic heterocycles. The summed E-state index contributed by atoms with van der Waals surface area (Å²) in [7, 11) is -3.63. The zero-order valence-corrected chi connectivity index (χ0v) is 12.3. The van der Waals surface area contributed by atoms with Gasteiger partial charge in [-0.25, -0.2) is 13.1 Å². The predicted octanol–water partition coefficient (Wildman–Crippen LogP) is 1.49. The van der Waals surface area contributed by atoms with Crippen molar-refractivity contribution in [2.45, 2.75) is 13.5 Å². The van der Waals surface area contributed by atoms with E-state index in [1.54, 1.807) is 6.92 Å². The lowest BCUT2D eigenvalue weighted by molar-refractivity contribution is -0.139. The van der Waals surface area contributed by atoms with Crippen LogP contribution in [0.4, 0.5) is 0 Å². The van der Waals surface area contributed by atoms with Gasteiger partial charge in [0.25, 0.3) is 0 Å². The quantitative estimate of drug-likeness (QED) is 0.795. The SMILES string of the molecule is CCOC(=O)CS(=O)(=O)NCc1ccc(Br)s1. The third-order valence-electron chi connectivity index (χ3n) is 1.71. The van der Waals surface area contributed by atoms with Gasteiger partial charge in [-0.15, -0.1) is 11.3 Å². The van der Waals surface area contributed by atoms with Gasteiger partial charge in [-0.3, -0.25) is 4.79 Å². The van der Waals surface area contributed by atoms with Crippen LogP contribution in [0.25, 0.3) is 0 Å². The van der Waals surface area contributed by atoms with Crippen molar-refractivity contribution in [1.29, 1.82) is 0 Å². The summed E-state index contributed by atoms with van der Waals surface area (Å²) in [6.07, 6.45) is 0. The molecule has 1 aromatic rings. The average molecular weight is 342 g/mol. The number of thiophene rings is 1. The molecule has 96 valence electrons. The first-order valence-electron chi connectivity index (χ1n) is 4.80. The van der Waals surface area contributed by atoms with Crippen LogP contribution in [-0.4, -0.2) is 26.7 Å².